The minimum absolute atomic E-state index is 0.177. The Kier molecular flexibility index (Phi) is 3.42. The highest BCUT2D eigenvalue weighted by atomic mass is 16.5. The monoisotopic (exact) mass is 312 g/mol. The van der Waals surface area contributed by atoms with Crippen molar-refractivity contribution in [3.8, 4) is 11.6 Å². The third-order valence-corrected chi connectivity index (χ3v) is 4.33. The number of rotatable bonds is 5. The van der Waals surface area contributed by atoms with Crippen LogP contribution in [0.5, 0.6) is 0 Å². The van der Waals surface area contributed by atoms with Gasteiger partial charge in [0.05, 0.1) is 5.41 Å². The van der Waals surface area contributed by atoms with Crippen LogP contribution in [0, 0.1) is 0 Å². The molecule has 0 amide bonds. The smallest absolute Gasteiger partial charge is 0.279 e. The van der Waals surface area contributed by atoms with Crippen molar-refractivity contribution in [3.05, 3.63) is 48.1 Å². The van der Waals surface area contributed by atoms with Crippen molar-refractivity contribution in [2.75, 3.05) is 7.11 Å². The van der Waals surface area contributed by atoms with Crippen molar-refractivity contribution in [2.24, 2.45) is 0 Å². The summed E-state index contributed by atoms with van der Waals surface area (Å²) in [6.45, 7) is 0.307. The molecule has 0 N–H and O–H groups in total. The van der Waals surface area contributed by atoms with E-state index in [1.54, 1.807) is 19.5 Å². The lowest BCUT2D eigenvalue weighted by Gasteiger charge is -2.39. The van der Waals surface area contributed by atoms with Crippen LogP contribution in [0.4, 0.5) is 0 Å². The first-order chi connectivity index (χ1) is 11.3. The van der Waals surface area contributed by atoms with E-state index < -0.39 is 0 Å². The molecule has 0 aliphatic heterocycles. The van der Waals surface area contributed by atoms with Crippen LogP contribution in [-0.2, 0) is 16.8 Å². The second kappa shape index (κ2) is 5.58. The van der Waals surface area contributed by atoms with E-state index >= 15 is 0 Å². The van der Waals surface area contributed by atoms with Crippen molar-refractivity contribution in [1.82, 2.24) is 20.1 Å². The molecule has 7 nitrogen and oxygen atoms in total. The molecule has 1 fully saturated rings. The highest BCUT2D eigenvalue weighted by Crippen LogP contribution is 2.47. The Bertz CT molecular complexity index is 793. The van der Waals surface area contributed by atoms with Crippen molar-refractivity contribution < 1.29 is 13.7 Å². The number of aromatic nitrogens is 4. The molecule has 7 heteroatoms. The fraction of sp³-hybridized carbons (Fsp3) is 0.375. The number of ether oxygens (including phenoxy) is 1. The molecule has 0 saturated heterocycles. The number of methoxy groups -OCH3 is 1. The lowest BCUT2D eigenvalue weighted by Crippen LogP contribution is -2.36. The molecule has 0 radical (unpaired) electrons. The molecule has 1 aliphatic rings. The van der Waals surface area contributed by atoms with E-state index in [1.165, 1.54) is 11.8 Å². The van der Waals surface area contributed by atoms with E-state index in [-0.39, 0.29) is 5.41 Å². The van der Waals surface area contributed by atoms with E-state index in [2.05, 4.69) is 20.1 Å². The van der Waals surface area contributed by atoms with E-state index in [9.17, 15) is 0 Å². The van der Waals surface area contributed by atoms with Crippen molar-refractivity contribution in [1.29, 1.82) is 0 Å². The van der Waals surface area contributed by atoms with Crippen LogP contribution in [0.25, 0.3) is 11.6 Å². The summed E-state index contributed by atoms with van der Waals surface area (Å²) >= 11 is 0. The summed E-state index contributed by atoms with van der Waals surface area (Å²) in [4.78, 5) is 12.9. The summed E-state index contributed by atoms with van der Waals surface area (Å²) in [6.07, 6.45) is 8.25. The molecule has 1 saturated carbocycles. The summed E-state index contributed by atoms with van der Waals surface area (Å²) in [5.74, 6) is 1.54. The average molecular weight is 312 g/mol. The number of pyridine rings is 1. The fourth-order valence-electron chi connectivity index (χ4n) is 2.96. The normalized spacial score (nSPS) is 16.2. The SMILES string of the molecule is COCc1nc(-c2nc(C3(c4ccncc4)CCC3)no2)co1. The Hall–Kier alpha value is -2.54. The zero-order valence-corrected chi connectivity index (χ0v) is 12.7. The summed E-state index contributed by atoms with van der Waals surface area (Å²) in [6, 6.07) is 4.03. The Morgan fingerprint density at radius 1 is 1.22 bits per heavy atom. The van der Waals surface area contributed by atoms with E-state index in [0.29, 0.717) is 29.9 Å². The molecule has 1 aliphatic carbocycles. The molecule has 23 heavy (non-hydrogen) atoms. The fourth-order valence-corrected chi connectivity index (χ4v) is 2.96. The van der Waals surface area contributed by atoms with Gasteiger partial charge in [-0.2, -0.15) is 4.98 Å². The quantitative estimate of drug-likeness (QED) is 0.715. The zero-order valence-electron chi connectivity index (χ0n) is 12.7. The van der Waals surface area contributed by atoms with Crippen molar-refractivity contribution in [2.45, 2.75) is 31.3 Å². The van der Waals surface area contributed by atoms with Gasteiger partial charge in [0, 0.05) is 19.5 Å². The Balaban J connectivity index is 1.66. The standard InChI is InChI=1S/C16H16N4O3/c1-21-10-13-18-12(9-22-13)14-19-15(20-23-14)16(5-2-6-16)11-3-7-17-8-4-11/h3-4,7-9H,2,5-6,10H2,1H3. The van der Waals surface area contributed by atoms with Crippen molar-refractivity contribution in [3.63, 3.8) is 0 Å². The topological polar surface area (TPSA) is 87.1 Å². The van der Waals surface area contributed by atoms with Crippen LogP contribution in [0.1, 0.15) is 36.5 Å². The third kappa shape index (κ3) is 2.33. The summed E-state index contributed by atoms with van der Waals surface area (Å²) in [5, 5.41) is 4.20. The van der Waals surface area contributed by atoms with Gasteiger partial charge in [0.2, 0.25) is 5.89 Å². The minimum Gasteiger partial charge on any atom is -0.446 e. The molecule has 3 heterocycles. The van der Waals surface area contributed by atoms with Gasteiger partial charge >= 0.3 is 0 Å². The van der Waals surface area contributed by atoms with Crippen LogP contribution in [0.3, 0.4) is 0 Å². The van der Waals surface area contributed by atoms with Gasteiger partial charge in [-0.1, -0.05) is 11.6 Å². The number of oxazole rings is 1. The molecular formula is C16H16N4O3. The Morgan fingerprint density at radius 2 is 2.04 bits per heavy atom. The van der Waals surface area contributed by atoms with Crippen molar-refractivity contribution >= 4 is 0 Å². The zero-order chi connectivity index (χ0) is 15.7. The first-order valence-corrected chi connectivity index (χ1v) is 7.50. The molecule has 0 atom stereocenters. The van der Waals surface area contributed by atoms with Gasteiger partial charge in [-0.05, 0) is 30.5 Å². The van der Waals surface area contributed by atoms with Crippen LogP contribution in [0.15, 0.2) is 39.7 Å². The number of hydrogen-bond donors (Lipinski definition) is 0. The van der Waals surface area contributed by atoms with E-state index in [0.717, 1.165) is 19.3 Å². The van der Waals surface area contributed by atoms with Crippen LogP contribution in [0.2, 0.25) is 0 Å². The largest absolute Gasteiger partial charge is 0.446 e. The molecule has 0 spiro atoms. The first kappa shape index (κ1) is 14.1. The highest BCUT2D eigenvalue weighted by molar-refractivity contribution is 5.45. The lowest BCUT2D eigenvalue weighted by atomic mass is 9.64. The molecule has 4 rings (SSSR count). The highest BCUT2D eigenvalue weighted by Gasteiger charge is 2.44. The van der Waals surface area contributed by atoms with Gasteiger partial charge < -0.3 is 13.7 Å². The summed E-state index contributed by atoms with van der Waals surface area (Å²) < 4.78 is 15.7. The van der Waals surface area contributed by atoms with Gasteiger partial charge in [-0.25, -0.2) is 4.98 Å². The molecule has 118 valence electrons. The Labute approximate surface area is 132 Å². The van der Waals surface area contributed by atoms with E-state index in [1.807, 2.05) is 12.1 Å². The molecule has 3 aromatic heterocycles. The maximum Gasteiger partial charge on any atom is 0.279 e. The molecule has 3 aromatic rings. The Morgan fingerprint density at radius 3 is 2.74 bits per heavy atom. The summed E-state index contributed by atoms with van der Waals surface area (Å²) in [7, 11) is 1.59. The van der Waals surface area contributed by atoms with Gasteiger partial charge in [-0.15, -0.1) is 0 Å². The molecule has 0 aromatic carbocycles. The molecule has 0 unspecified atom stereocenters. The second-order valence-corrected chi connectivity index (χ2v) is 5.65. The predicted octanol–water partition coefficient (Wildman–Crippen LogP) is 2.74. The number of hydrogen-bond acceptors (Lipinski definition) is 7. The molecular weight excluding hydrogens is 296 g/mol. The van der Waals surface area contributed by atoms with Gasteiger partial charge in [-0.3, -0.25) is 4.98 Å². The molecule has 0 bridgehead atoms. The average Bonchev–Trinajstić information content (AvgIpc) is 3.17. The van der Waals surface area contributed by atoms with Gasteiger partial charge in [0.15, 0.2) is 11.5 Å². The lowest BCUT2D eigenvalue weighted by molar-refractivity contribution is 0.159. The third-order valence-electron chi connectivity index (χ3n) is 4.33. The minimum atomic E-state index is -0.177. The predicted molar refractivity (Wildman–Crippen MR) is 79.4 cm³/mol. The first-order valence-electron chi connectivity index (χ1n) is 7.50. The maximum atomic E-state index is 5.41. The van der Waals surface area contributed by atoms with Crippen LogP contribution in [-0.4, -0.2) is 27.2 Å². The van der Waals surface area contributed by atoms with Gasteiger partial charge in [0.1, 0.15) is 12.9 Å². The maximum absolute atomic E-state index is 5.41. The van der Waals surface area contributed by atoms with Gasteiger partial charge in [0.25, 0.3) is 5.89 Å². The van der Waals surface area contributed by atoms with E-state index in [4.69, 9.17) is 13.7 Å². The summed E-state index contributed by atoms with van der Waals surface area (Å²) in [5.41, 5.74) is 1.52. The van der Waals surface area contributed by atoms with Crippen LogP contribution < -0.4 is 0 Å². The number of nitrogens with zero attached hydrogens (tertiary/aromatic N) is 4. The van der Waals surface area contributed by atoms with Crippen LogP contribution >= 0.6 is 0 Å². The second-order valence-electron chi connectivity index (χ2n) is 5.65.